The molecule has 18 heavy (non-hydrogen) atoms. The van der Waals surface area contributed by atoms with Crippen molar-refractivity contribution in [3.63, 3.8) is 0 Å². The molecule has 0 aliphatic carbocycles. The zero-order valence-corrected chi connectivity index (χ0v) is 11.3. The summed E-state index contributed by atoms with van der Waals surface area (Å²) in [5.41, 5.74) is 0. The van der Waals surface area contributed by atoms with E-state index < -0.39 is 5.97 Å². The van der Waals surface area contributed by atoms with Gasteiger partial charge in [0.15, 0.2) is 0 Å². The molecule has 2 unspecified atom stereocenters. The van der Waals surface area contributed by atoms with Crippen molar-refractivity contribution in [3.8, 4) is 0 Å². The average Bonchev–Trinajstić information content (AvgIpc) is 2.35. The SMILES string of the molecule is CCCNC(=O)N1CCCC(C(C)CC(=O)O)C1. The molecule has 104 valence electrons. The van der Waals surface area contributed by atoms with Gasteiger partial charge in [0.2, 0.25) is 0 Å². The summed E-state index contributed by atoms with van der Waals surface area (Å²) in [6, 6.07) is -0.0101. The second kappa shape index (κ2) is 7.24. The second-order valence-corrected chi connectivity index (χ2v) is 5.16. The summed E-state index contributed by atoms with van der Waals surface area (Å²) in [6.45, 7) is 6.15. The Morgan fingerprint density at radius 2 is 2.22 bits per heavy atom. The monoisotopic (exact) mass is 256 g/mol. The molecule has 1 rings (SSSR count). The molecule has 2 amide bonds. The lowest BCUT2D eigenvalue weighted by atomic mass is 9.85. The van der Waals surface area contributed by atoms with Gasteiger partial charge < -0.3 is 15.3 Å². The summed E-state index contributed by atoms with van der Waals surface area (Å²) in [5, 5.41) is 11.7. The van der Waals surface area contributed by atoms with Gasteiger partial charge in [-0.05, 0) is 31.1 Å². The number of carbonyl (C=O) groups excluding carboxylic acids is 1. The molecule has 1 aliphatic rings. The Hall–Kier alpha value is -1.26. The fraction of sp³-hybridized carbons (Fsp3) is 0.846. The van der Waals surface area contributed by atoms with Crippen molar-refractivity contribution in [1.82, 2.24) is 10.2 Å². The third-order valence-electron chi connectivity index (χ3n) is 3.57. The van der Waals surface area contributed by atoms with Gasteiger partial charge in [-0.25, -0.2) is 4.79 Å². The van der Waals surface area contributed by atoms with Crippen LogP contribution in [0.25, 0.3) is 0 Å². The minimum absolute atomic E-state index is 0.0101. The molecule has 0 spiro atoms. The number of rotatable bonds is 5. The van der Waals surface area contributed by atoms with Crippen molar-refractivity contribution >= 4 is 12.0 Å². The number of nitrogens with one attached hydrogen (secondary N) is 1. The van der Waals surface area contributed by atoms with Gasteiger partial charge in [-0.2, -0.15) is 0 Å². The van der Waals surface area contributed by atoms with Crippen LogP contribution >= 0.6 is 0 Å². The molecule has 0 aromatic rings. The van der Waals surface area contributed by atoms with Crippen LogP contribution in [0, 0.1) is 11.8 Å². The van der Waals surface area contributed by atoms with Gasteiger partial charge in [0, 0.05) is 26.1 Å². The topological polar surface area (TPSA) is 69.6 Å². The number of carboxylic acid groups (broad SMARTS) is 1. The van der Waals surface area contributed by atoms with Crippen molar-refractivity contribution in [3.05, 3.63) is 0 Å². The van der Waals surface area contributed by atoms with E-state index in [1.54, 1.807) is 0 Å². The van der Waals surface area contributed by atoms with Crippen LogP contribution in [0.15, 0.2) is 0 Å². The molecule has 5 nitrogen and oxygen atoms in total. The molecule has 0 radical (unpaired) electrons. The first kappa shape index (κ1) is 14.8. The molecular formula is C13H24N2O3. The number of piperidine rings is 1. The highest BCUT2D eigenvalue weighted by Gasteiger charge is 2.28. The Morgan fingerprint density at radius 1 is 1.50 bits per heavy atom. The van der Waals surface area contributed by atoms with Crippen LogP contribution in [0.4, 0.5) is 4.79 Å². The average molecular weight is 256 g/mol. The van der Waals surface area contributed by atoms with E-state index in [1.807, 2.05) is 18.7 Å². The Kier molecular flexibility index (Phi) is 5.95. The van der Waals surface area contributed by atoms with Gasteiger partial charge in [0.1, 0.15) is 0 Å². The van der Waals surface area contributed by atoms with Crippen LogP contribution < -0.4 is 5.32 Å². The van der Waals surface area contributed by atoms with E-state index in [4.69, 9.17) is 5.11 Å². The van der Waals surface area contributed by atoms with E-state index in [2.05, 4.69) is 5.32 Å². The van der Waals surface area contributed by atoms with E-state index in [-0.39, 0.29) is 18.4 Å². The summed E-state index contributed by atoms with van der Waals surface area (Å²) in [5.74, 6) is -0.318. The number of aliphatic carboxylic acids is 1. The number of likely N-dealkylation sites (tertiary alicyclic amines) is 1. The molecule has 1 aliphatic heterocycles. The van der Waals surface area contributed by atoms with E-state index >= 15 is 0 Å². The highest BCUT2D eigenvalue weighted by atomic mass is 16.4. The molecule has 0 aromatic heterocycles. The molecule has 5 heteroatoms. The standard InChI is InChI=1S/C13H24N2O3/c1-3-6-14-13(18)15-7-4-5-11(9-15)10(2)8-12(16)17/h10-11H,3-9H2,1-2H3,(H,14,18)(H,16,17). The Labute approximate surface area is 109 Å². The summed E-state index contributed by atoms with van der Waals surface area (Å²) in [4.78, 5) is 24.4. The van der Waals surface area contributed by atoms with Gasteiger partial charge in [-0.1, -0.05) is 13.8 Å². The Morgan fingerprint density at radius 3 is 2.83 bits per heavy atom. The minimum Gasteiger partial charge on any atom is -0.481 e. The number of hydrogen-bond donors (Lipinski definition) is 2. The Balaban J connectivity index is 2.44. The molecule has 1 fully saturated rings. The lowest BCUT2D eigenvalue weighted by Crippen LogP contribution is -2.46. The van der Waals surface area contributed by atoms with Gasteiger partial charge in [0.25, 0.3) is 0 Å². The van der Waals surface area contributed by atoms with Crippen molar-refractivity contribution in [2.75, 3.05) is 19.6 Å². The van der Waals surface area contributed by atoms with Gasteiger partial charge in [-0.15, -0.1) is 0 Å². The first-order chi connectivity index (χ1) is 8.54. The highest BCUT2D eigenvalue weighted by Crippen LogP contribution is 2.26. The normalized spacial score (nSPS) is 21.4. The number of hydrogen-bond acceptors (Lipinski definition) is 2. The molecule has 2 N–H and O–H groups in total. The lowest BCUT2D eigenvalue weighted by Gasteiger charge is -2.35. The zero-order valence-electron chi connectivity index (χ0n) is 11.3. The van der Waals surface area contributed by atoms with Crippen molar-refractivity contribution < 1.29 is 14.7 Å². The van der Waals surface area contributed by atoms with E-state index in [9.17, 15) is 9.59 Å². The molecule has 2 atom stereocenters. The number of carbonyl (C=O) groups is 2. The third kappa shape index (κ3) is 4.55. The first-order valence-electron chi connectivity index (χ1n) is 6.79. The summed E-state index contributed by atoms with van der Waals surface area (Å²) in [6.07, 6.45) is 3.10. The minimum atomic E-state index is -0.755. The van der Waals surface area contributed by atoms with Crippen LogP contribution in [-0.4, -0.2) is 41.6 Å². The maximum Gasteiger partial charge on any atom is 0.317 e. The predicted molar refractivity (Wildman–Crippen MR) is 69.4 cm³/mol. The van der Waals surface area contributed by atoms with Crippen LogP contribution in [0.2, 0.25) is 0 Å². The van der Waals surface area contributed by atoms with Crippen LogP contribution in [0.1, 0.15) is 39.5 Å². The molecular weight excluding hydrogens is 232 g/mol. The molecule has 1 saturated heterocycles. The summed E-state index contributed by atoms with van der Waals surface area (Å²) in [7, 11) is 0. The van der Waals surface area contributed by atoms with E-state index in [0.717, 1.165) is 25.8 Å². The highest BCUT2D eigenvalue weighted by molar-refractivity contribution is 5.74. The fourth-order valence-electron chi connectivity index (χ4n) is 2.44. The number of nitrogens with zero attached hydrogens (tertiary/aromatic N) is 1. The van der Waals surface area contributed by atoms with Crippen molar-refractivity contribution in [1.29, 1.82) is 0 Å². The van der Waals surface area contributed by atoms with Gasteiger partial charge in [0.05, 0.1) is 0 Å². The number of amides is 2. The largest absolute Gasteiger partial charge is 0.481 e. The number of urea groups is 1. The molecule has 0 saturated carbocycles. The molecule has 0 bridgehead atoms. The first-order valence-corrected chi connectivity index (χ1v) is 6.79. The predicted octanol–water partition coefficient (Wildman–Crippen LogP) is 1.93. The fourth-order valence-corrected chi connectivity index (χ4v) is 2.44. The maximum atomic E-state index is 11.8. The van der Waals surface area contributed by atoms with Gasteiger partial charge >= 0.3 is 12.0 Å². The van der Waals surface area contributed by atoms with Crippen LogP contribution in [0.3, 0.4) is 0 Å². The lowest BCUT2D eigenvalue weighted by molar-refractivity contribution is -0.138. The van der Waals surface area contributed by atoms with E-state index in [0.29, 0.717) is 19.0 Å². The second-order valence-electron chi connectivity index (χ2n) is 5.16. The smallest absolute Gasteiger partial charge is 0.317 e. The zero-order chi connectivity index (χ0) is 13.5. The molecule has 0 aromatic carbocycles. The summed E-state index contributed by atoms with van der Waals surface area (Å²) >= 11 is 0. The maximum absolute atomic E-state index is 11.8. The van der Waals surface area contributed by atoms with Crippen LogP contribution in [0.5, 0.6) is 0 Å². The van der Waals surface area contributed by atoms with Crippen molar-refractivity contribution in [2.45, 2.75) is 39.5 Å². The number of carboxylic acids is 1. The quantitative estimate of drug-likeness (QED) is 0.789. The third-order valence-corrected chi connectivity index (χ3v) is 3.57. The Bertz CT molecular complexity index is 294. The summed E-state index contributed by atoms with van der Waals surface area (Å²) < 4.78 is 0. The molecule has 1 heterocycles. The van der Waals surface area contributed by atoms with Crippen LogP contribution in [-0.2, 0) is 4.79 Å². The van der Waals surface area contributed by atoms with Gasteiger partial charge in [-0.3, -0.25) is 4.79 Å². The van der Waals surface area contributed by atoms with Crippen molar-refractivity contribution in [2.24, 2.45) is 11.8 Å². The van der Waals surface area contributed by atoms with E-state index in [1.165, 1.54) is 0 Å².